The summed E-state index contributed by atoms with van der Waals surface area (Å²) in [6.07, 6.45) is 0.233. The Balaban J connectivity index is 1.52. The van der Waals surface area contributed by atoms with E-state index in [1.807, 2.05) is 48.7 Å². The Morgan fingerprint density at radius 2 is 1.80 bits per heavy atom. The molecule has 154 valence electrons. The summed E-state index contributed by atoms with van der Waals surface area (Å²) in [4.78, 5) is 26.6. The second-order valence-corrected chi connectivity index (χ2v) is 8.05. The van der Waals surface area contributed by atoms with Gasteiger partial charge in [-0.15, -0.1) is 11.3 Å². The summed E-state index contributed by atoms with van der Waals surface area (Å²) in [5.74, 6) is 0.710. The van der Waals surface area contributed by atoms with Crippen LogP contribution in [0.25, 0.3) is 0 Å². The minimum Gasteiger partial charge on any atom is -0.486 e. The Morgan fingerprint density at radius 1 is 1.03 bits per heavy atom. The molecule has 0 bridgehead atoms. The Labute approximate surface area is 178 Å². The molecule has 30 heavy (non-hydrogen) atoms. The Kier molecular flexibility index (Phi) is 5.99. The van der Waals surface area contributed by atoms with Gasteiger partial charge in [0.2, 0.25) is 5.91 Å². The number of amides is 2. The summed E-state index contributed by atoms with van der Waals surface area (Å²) < 4.78 is 11.1. The maximum Gasteiger partial charge on any atom is 0.251 e. The van der Waals surface area contributed by atoms with E-state index in [-0.39, 0.29) is 18.2 Å². The third-order valence-corrected chi connectivity index (χ3v) is 5.58. The molecule has 7 heteroatoms. The SMILES string of the molecule is Cc1ccc(C(NC(=O)Cc2cccs2)C(=O)Nc2ccc3c(c2)OCCO3)cc1. The molecule has 1 aliphatic heterocycles. The molecule has 0 fully saturated rings. The van der Waals surface area contributed by atoms with Crippen LogP contribution < -0.4 is 20.1 Å². The zero-order chi connectivity index (χ0) is 20.9. The zero-order valence-corrected chi connectivity index (χ0v) is 17.3. The summed E-state index contributed by atoms with van der Waals surface area (Å²) in [5.41, 5.74) is 2.37. The summed E-state index contributed by atoms with van der Waals surface area (Å²) in [6, 6.07) is 15.8. The van der Waals surface area contributed by atoms with Gasteiger partial charge in [0, 0.05) is 16.6 Å². The van der Waals surface area contributed by atoms with Crippen LogP contribution in [-0.4, -0.2) is 25.0 Å². The van der Waals surface area contributed by atoms with E-state index in [4.69, 9.17) is 9.47 Å². The van der Waals surface area contributed by atoms with E-state index in [0.717, 1.165) is 16.0 Å². The fourth-order valence-corrected chi connectivity index (χ4v) is 3.88. The second-order valence-electron chi connectivity index (χ2n) is 7.02. The van der Waals surface area contributed by atoms with Gasteiger partial charge in [-0.3, -0.25) is 9.59 Å². The normalized spacial score (nSPS) is 13.4. The lowest BCUT2D eigenvalue weighted by Gasteiger charge is -2.21. The first-order chi connectivity index (χ1) is 14.6. The van der Waals surface area contributed by atoms with E-state index in [1.54, 1.807) is 18.2 Å². The first-order valence-electron chi connectivity index (χ1n) is 9.67. The van der Waals surface area contributed by atoms with Gasteiger partial charge < -0.3 is 20.1 Å². The molecule has 2 heterocycles. The number of hydrogen-bond donors (Lipinski definition) is 2. The fraction of sp³-hybridized carbons (Fsp3) is 0.217. The first kappa shape index (κ1) is 20.0. The number of aryl methyl sites for hydroxylation is 1. The van der Waals surface area contributed by atoms with Crippen LogP contribution in [0.2, 0.25) is 0 Å². The standard InChI is InChI=1S/C23H22N2O4S/c1-15-4-6-16(7-5-15)22(25-21(26)14-18-3-2-12-30-18)23(27)24-17-8-9-19-20(13-17)29-11-10-28-19/h2-9,12-13,22H,10-11,14H2,1H3,(H,24,27)(H,25,26). The number of hydrogen-bond acceptors (Lipinski definition) is 5. The van der Waals surface area contributed by atoms with Gasteiger partial charge in [-0.1, -0.05) is 35.9 Å². The van der Waals surface area contributed by atoms with Crippen molar-refractivity contribution in [2.45, 2.75) is 19.4 Å². The lowest BCUT2D eigenvalue weighted by molar-refractivity contribution is -0.126. The van der Waals surface area contributed by atoms with Gasteiger partial charge >= 0.3 is 0 Å². The highest BCUT2D eigenvalue weighted by Gasteiger charge is 2.24. The lowest BCUT2D eigenvalue weighted by atomic mass is 10.0. The number of rotatable bonds is 6. The predicted molar refractivity (Wildman–Crippen MR) is 116 cm³/mol. The Bertz CT molecular complexity index is 1030. The number of nitrogens with one attached hydrogen (secondary N) is 2. The molecule has 0 saturated heterocycles. The molecule has 4 rings (SSSR count). The third-order valence-electron chi connectivity index (χ3n) is 4.70. The van der Waals surface area contributed by atoms with Crippen molar-refractivity contribution in [3.8, 4) is 11.5 Å². The van der Waals surface area contributed by atoms with Crippen LogP contribution in [0, 0.1) is 6.92 Å². The molecule has 0 spiro atoms. The van der Waals surface area contributed by atoms with Crippen LogP contribution in [0.15, 0.2) is 60.0 Å². The minimum atomic E-state index is -0.814. The zero-order valence-electron chi connectivity index (χ0n) is 16.5. The van der Waals surface area contributed by atoms with Crippen molar-refractivity contribution in [1.82, 2.24) is 5.32 Å². The molecule has 0 radical (unpaired) electrons. The van der Waals surface area contributed by atoms with Gasteiger partial charge in [0.05, 0.1) is 6.42 Å². The number of benzene rings is 2. The summed E-state index contributed by atoms with van der Waals surface area (Å²) in [7, 11) is 0. The van der Waals surface area contributed by atoms with Gasteiger partial charge in [0.15, 0.2) is 11.5 Å². The van der Waals surface area contributed by atoms with Gasteiger partial charge in [-0.05, 0) is 36.1 Å². The molecular formula is C23H22N2O4S. The number of carbonyl (C=O) groups excluding carboxylic acids is 2. The molecule has 1 aliphatic rings. The number of fused-ring (bicyclic) bond motifs is 1. The molecule has 1 unspecified atom stereocenters. The van der Waals surface area contributed by atoms with Gasteiger partial charge in [-0.2, -0.15) is 0 Å². The fourth-order valence-electron chi connectivity index (χ4n) is 3.18. The van der Waals surface area contributed by atoms with Crippen LogP contribution in [0.1, 0.15) is 22.0 Å². The monoisotopic (exact) mass is 422 g/mol. The number of anilines is 1. The predicted octanol–water partition coefficient (Wildman–Crippen LogP) is 3.87. The van der Waals surface area contributed by atoms with Crippen LogP contribution in [-0.2, 0) is 16.0 Å². The number of thiophene rings is 1. The largest absolute Gasteiger partial charge is 0.486 e. The minimum absolute atomic E-state index is 0.208. The average molecular weight is 423 g/mol. The van der Waals surface area contributed by atoms with E-state index < -0.39 is 6.04 Å². The van der Waals surface area contributed by atoms with Gasteiger partial charge in [0.1, 0.15) is 19.3 Å². The Hall–Kier alpha value is -3.32. The highest BCUT2D eigenvalue weighted by atomic mass is 32.1. The smallest absolute Gasteiger partial charge is 0.251 e. The van der Waals surface area contributed by atoms with Crippen LogP contribution >= 0.6 is 11.3 Å². The van der Waals surface area contributed by atoms with Crippen LogP contribution in [0.4, 0.5) is 5.69 Å². The molecule has 0 saturated carbocycles. The maximum absolute atomic E-state index is 13.1. The average Bonchev–Trinajstić information content (AvgIpc) is 3.25. The topological polar surface area (TPSA) is 76.7 Å². The lowest BCUT2D eigenvalue weighted by Crippen LogP contribution is -2.37. The molecule has 2 aromatic carbocycles. The molecule has 1 atom stereocenters. The van der Waals surface area contributed by atoms with Crippen LogP contribution in [0.5, 0.6) is 11.5 Å². The summed E-state index contributed by atoms with van der Waals surface area (Å²) in [6.45, 7) is 2.95. The number of ether oxygens (including phenoxy) is 2. The van der Waals surface area contributed by atoms with E-state index in [0.29, 0.717) is 30.4 Å². The quantitative estimate of drug-likeness (QED) is 0.632. The molecule has 6 nitrogen and oxygen atoms in total. The highest BCUT2D eigenvalue weighted by Crippen LogP contribution is 2.33. The van der Waals surface area contributed by atoms with Gasteiger partial charge in [-0.25, -0.2) is 0 Å². The van der Waals surface area contributed by atoms with E-state index in [1.165, 1.54) is 11.3 Å². The maximum atomic E-state index is 13.1. The number of carbonyl (C=O) groups is 2. The van der Waals surface area contributed by atoms with E-state index >= 15 is 0 Å². The molecular weight excluding hydrogens is 400 g/mol. The molecule has 2 amide bonds. The third kappa shape index (κ3) is 4.80. The molecule has 0 aliphatic carbocycles. The highest BCUT2D eigenvalue weighted by molar-refractivity contribution is 7.10. The Morgan fingerprint density at radius 3 is 2.53 bits per heavy atom. The second kappa shape index (κ2) is 9.00. The van der Waals surface area contributed by atoms with Crippen molar-refractivity contribution in [3.05, 3.63) is 76.0 Å². The molecule has 3 aromatic rings. The summed E-state index contributed by atoms with van der Waals surface area (Å²) >= 11 is 1.51. The summed E-state index contributed by atoms with van der Waals surface area (Å²) in [5, 5.41) is 7.68. The van der Waals surface area contributed by atoms with Crippen LogP contribution in [0.3, 0.4) is 0 Å². The van der Waals surface area contributed by atoms with Crippen molar-refractivity contribution >= 4 is 28.8 Å². The van der Waals surface area contributed by atoms with Crippen molar-refractivity contribution in [3.63, 3.8) is 0 Å². The van der Waals surface area contributed by atoms with Crippen molar-refractivity contribution in [2.75, 3.05) is 18.5 Å². The van der Waals surface area contributed by atoms with Crippen molar-refractivity contribution < 1.29 is 19.1 Å². The molecule has 2 N–H and O–H groups in total. The van der Waals surface area contributed by atoms with E-state index in [2.05, 4.69) is 10.6 Å². The van der Waals surface area contributed by atoms with Crippen molar-refractivity contribution in [2.24, 2.45) is 0 Å². The van der Waals surface area contributed by atoms with Gasteiger partial charge in [0.25, 0.3) is 5.91 Å². The van der Waals surface area contributed by atoms with E-state index in [9.17, 15) is 9.59 Å². The first-order valence-corrected chi connectivity index (χ1v) is 10.6. The molecule has 1 aromatic heterocycles. The van der Waals surface area contributed by atoms with Crippen molar-refractivity contribution in [1.29, 1.82) is 0 Å².